The number of hydrogen-bond acceptors (Lipinski definition) is 6. The van der Waals surface area contributed by atoms with Crippen LogP contribution in [-0.2, 0) is 22.6 Å². The van der Waals surface area contributed by atoms with Crippen LogP contribution in [-0.4, -0.2) is 29.1 Å². The molecule has 3 rings (SSSR count). The molecule has 1 aliphatic rings. The van der Waals surface area contributed by atoms with Crippen LogP contribution in [0.2, 0.25) is 0 Å². The predicted octanol–water partition coefficient (Wildman–Crippen LogP) is 3.68. The zero-order valence-corrected chi connectivity index (χ0v) is 16.7. The van der Waals surface area contributed by atoms with E-state index < -0.39 is 5.97 Å². The molecule has 0 atom stereocenters. The van der Waals surface area contributed by atoms with Gasteiger partial charge in [0.15, 0.2) is 0 Å². The molecular formula is C22H24N2O5. The van der Waals surface area contributed by atoms with Gasteiger partial charge in [0.2, 0.25) is 5.91 Å². The van der Waals surface area contributed by atoms with Gasteiger partial charge in [-0.25, -0.2) is 9.78 Å². The van der Waals surface area contributed by atoms with Crippen molar-refractivity contribution in [2.45, 2.75) is 39.7 Å². The Morgan fingerprint density at radius 2 is 2.17 bits per heavy atom. The quantitative estimate of drug-likeness (QED) is 0.547. The van der Waals surface area contributed by atoms with E-state index in [1.54, 1.807) is 18.3 Å². The molecule has 0 unspecified atom stereocenters. The minimum absolute atomic E-state index is 0.0955. The summed E-state index contributed by atoms with van der Waals surface area (Å²) in [4.78, 5) is 28.1. The predicted molar refractivity (Wildman–Crippen MR) is 108 cm³/mol. The first kappa shape index (κ1) is 20.4. The highest BCUT2D eigenvalue weighted by atomic mass is 16.5. The Morgan fingerprint density at radius 3 is 2.86 bits per heavy atom. The number of carbonyl (C=O) groups excluding carboxylic acids is 2. The van der Waals surface area contributed by atoms with Crippen molar-refractivity contribution in [3.05, 3.63) is 58.3 Å². The van der Waals surface area contributed by atoms with Crippen molar-refractivity contribution in [3.8, 4) is 11.5 Å². The number of amides is 1. The second-order valence-corrected chi connectivity index (χ2v) is 6.93. The average molecular weight is 396 g/mol. The molecule has 0 aliphatic carbocycles. The third-order valence-corrected chi connectivity index (χ3v) is 4.98. The number of cyclic esters (lactones) is 1. The summed E-state index contributed by atoms with van der Waals surface area (Å²) in [6.45, 7) is 3.91. The Morgan fingerprint density at radius 1 is 1.38 bits per heavy atom. The van der Waals surface area contributed by atoms with Gasteiger partial charge in [0.1, 0.15) is 29.5 Å². The van der Waals surface area contributed by atoms with E-state index in [0.717, 1.165) is 11.1 Å². The molecular weight excluding hydrogens is 372 g/mol. The zero-order chi connectivity index (χ0) is 21.0. The van der Waals surface area contributed by atoms with Gasteiger partial charge in [0.25, 0.3) is 0 Å². The number of phenols is 1. The van der Waals surface area contributed by atoms with Gasteiger partial charge in [-0.15, -0.1) is 0 Å². The molecule has 29 heavy (non-hydrogen) atoms. The summed E-state index contributed by atoms with van der Waals surface area (Å²) in [7, 11) is 1.54. The van der Waals surface area contributed by atoms with E-state index in [-0.39, 0.29) is 23.8 Å². The number of anilines is 1. The van der Waals surface area contributed by atoms with Crippen LogP contribution in [0.1, 0.15) is 46.8 Å². The number of carbonyl (C=O) groups is 2. The number of methoxy groups -OCH3 is 1. The van der Waals surface area contributed by atoms with Gasteiger partial charge in [-0.05, 0) is 44.4 Å². The van der Waals surface area contributed by atoms with Crippen molar-refractivity contribution in [1.29, 1.82) is 0 Å². The van der Waals surface area contributed by atoms with Crippen LogP contribution in [0.25, 0.3) is 0 Å². The van der Waals surface area contributed by atoms with Gasteiger partial charge in [-0.1, -0.05) is 17.7 Å². The van der Waals surface area contributed by atoms with Crippen LogP contribution in [0, 0.1) is 6.92 Å². The zero-order valence-electron chi connectivity index (χ0n) is 16.7. The SMILES string of the molecule is COc1c(C)c2c(c(O)c1C/C=C(\C)CCC(=O)Nc1ccccn1)C(=O)OC2. The van der Waals surface area contributed by atoms with Crippen molar-refractivity contribution in [3.63, 3.8) is 0 Å². The van der Waals surface area contributed by atoms with E-state index in [9.17, 15) is 14.7 Å². The number of nitrogens with one attached hydrogen (secondary N) is 1. The summed E-state index contributed by atoms with van der Waals surface area (Å²) in [6, 6.07) is 5.32. The maximum absolute atomic E-state index is 12.1. The monoisotopic (exact) mass is 396 g/mol. The van der Waals surface area contributed by atoms with E-state index in [2.05, 4.69) is 10.3 Å². The molecule has 2 heterocycles. The highest BCUT2D eigenvalue weighted by Gasteiger charge is 2.31. The summed E-state index contributed by atoms with van der Waals surface area (Å²) in [6.07, 6.45) is 4.81. The fraction of sp³-hybridized carbons (Fsp3) is 0.318. The highest BCUT2D eigenvalue weighted by Crippen LogP contribution is 2.42. The summed E-state index contributed by atoms with van der Waals surface area (Å²) in [5.41, 5.74) is 3.21. The summed E-state index contributed by atoms with van der Waals surface area (Å²) in [5, 5.41) is 13.4. The van der Waals surface area contributed by atoms with Crippen LogP contribution in [0.5, 0.6) is 11.5 Å². The molecule has 0 bridgehead atoms. The molecule has 2 N–H and O–H groups in total. The van der Waals surface area contributed by atoms with Crippen molar-refractivity contribution in [1.82, 2.24) is 4.98 Å². The Kier molecular flexibility index (Phi) is 6.16. The molecule has 1 aliphatic heterocycles. The third-order valence-electron chi connectivity index (χ3n) is 4.98. The van der Waals surface area contributed by atoms with E-state index >= 15 is 0 Å². The number of aromatic hydroxyl groups is 1. The molecule has 152 valence electrons. The van der Waals surface area contributed by atoms with Crippen molar-refractivity contribution < 1.29 is 24.2 Å². The number of hydrogen-bond donors (Lipinski definition) is 2. The number of fused-ring (bicyclic) bond motifs is 1. The molecule has 2 aromatic rings. The van der Waals surface area contributed by atoms with E-state index in [0.29, 0.717) is 42.0 Å². The lowest BCUT2D eigenvalue weighted by Crippen LogP contribution is -2.12. The molecule has 7 nitrogen and oxygen atoms in total. The summed E-state index contributed by atoms with van der Waals surface area (Å²) in [5.74, 6) is 0.345. The maximum atomic E-state index is 12.1. The van der Waals surface area contributed by atoms with Crippen LogP contribution < -0.4 is 10.1 Å². The summed E-state index contributed by atoms with van der Waals surface area (Å²) < 4.78 is 10.5. The van der Waals surface area contributed by atoms with Gasteiger partial charge >= 0.3 is 5.97 Å². The fourth-order valence-corrected chi connectivity index (χ4v) is 3.36. The van der Waals surface area contributed by atoms with Gasteiger partial charge < -0.3 is 19.9 Å². The molecule has 0 radical (unpaired) electrons. The lowest BCUT2D eigenvalue weighted by molar-refractivity contribution is -0.116. The summed E-state index contributed by atoms with van der Waals surface area (Å²) >= 11 is 0. The number of pyridine rings is 1. The molecule has 1 aromatic carbocycles. The number of phenolic OH excluding ortho intramolecular Hbond substituents is 1. The maximum Gasteiger partial charge on any atom is 0.342 e. The highest BCUT2D eigenvalue weighted by molar-refractivity contribution is 5.98. The van der Waals surface area contributed by atoms with E-state index in [4.69, 9.17) is 9.47 Å². The smallest absolute Gasteiger partial charge is 0.342 e. The van der Waals surface area contributed by atoms with Crippen molar-refractivity contribution in [2.75, 3.05) is 12.4 Å². The molecule has 7 heteroatoms. The number of aromatic nitrogens is 1. The van der Waals surface area contributed by atoms with Crippen LogP contribution in [0.15, 0.2) is 36.0 Å². The number of rotatable bonds is 7. The minimum atomic E-state index is -0.517. The van der Waals surface area contributed by atoms with Crippen molar-refractivity contribution >= 4 is 17.7 Å². The fourth-order valence-electron chi connectivity index (χ4n) is 3.36. The second kappa shape index (κ2) is 8.77. The third kappa shape index (κ3) is 4.39. The lowest BCUT2D eigenvalue weighted by atomic mass is 9.94. The average Bonchev–Trinajstić information content (AvgIpc) is 3.11. The molecule has 0 saturated carbocycles. The number of nitrogens with zero attached hydrogens (tertiary/aromatic N) is 1. The van der Waals surface area contributed by atoms with Gasteiger partial charge in [0.05, 0.1) is 7.11 Å². The van der Waals surface area contributed by atoms with Crippen molar-refractivity contribution in [2.24, 2.45) is 0 Å². The number of esters is 1. The topological polar surface area (TPSA) is 97.8 Å². The van der Waals surface area contributed by atoms with Crippen LogP contribution >= 0.6 is 0 Å². The lowest BCUT2D eigenvalue weighted by Gasteiger charge is -2.15. The Balaban J connectivity index is 1.69. The number of benzene rings is 1. The molecule has 1 aromatic heterocycles. The molecule has 0 saturated heterocycles. The number of allylic oxidation sites excluding steroid dienone is 2. The van der Waals surface area contributed by atoms with Gasteiger partial charge in [0, 0.05) is 23.7 Å². The molecule has 1 amide bonds. The van der Waals surface area contributed by atoms with E-state index in [1.807, 2.05) is 26.0 Å². The molecule has 0 spiro atoms. The first-order chi connectivity index (χ1) is 13.9. The van der Waals surface area contributed by atoms with E-state index in [1.165, 1.54) is 7.11 Å². The second-order valence-electron chi connectivity index (χ2n) is 6.93. The molecule has 0 fully saturated rings. The Hall–Kier alpha value is -3.35. The van der Waals surface area contributed by atoms with Crippen LogP contribution in [0.3, 0.4) is 0 Å². The van der Waals surface area contributed by atoms with Crippen LogP contribution in [0.4, 0.5) is 5.82 Å². The first-order valence-corrected chi connectivity index (χ1v) is 9.37. The Bertz CT molecular complexity index is 967. The largest absolute Gasteiger partial charge is 0.507 e. The normalized spacial score (nSPS) is 13.1. The standard InChI is InChI=1S/C22H24N2O5/c1-13(8-10-18(25)24-17-6-4-5-11-23-17)7-9-15-20(26)19-16(12-29-22(19)27)14(2)21(15)28-3/h4-7,11,26H,8-10,12H2,1-3H3,(H,23,24,25)/b13-7+. The minimum Gasteiger partial charge on any atom is -0.507 e. The van der Waals surface area contributed by atoms with Gasteiger partial charge in [-0.3, -0.25) is 4.79 Å². The first-order valence-electron chi connectivity index (χ1n) is 9.37. The Labute approximate surface area is 169 Å². The van der Waals surface area contributed by atoms with Gasteiger partial charge in [-0.2, -0.15) is 0 Å². The number of ether oxygens (including phenoxy) is 2.